The van der Waals surface area contributed by atoms with Gasteiger partial charge in [0.2, 0.25) is 0 Å². The molecule has 31 heavy (non-hydrogen) atoms. The summed E-state index contributed by atoms with van der Waals surface area (Å²) in [5.41, 5.74) is 1.95. The largest absolute Gasteiger partial charge is 0.444 e. The normalized spacial score (nSPS) is 24.1. The predicted molar refractivity (Wildman–Crippen MR) is 119 cm³/mol. The lowest BCUT2D eigenvalue weighted by atomic mass is 9.80. The van der Waals surface area contributed by atoms with Gasteiger partial charge in [0, 0.05) is 24.2 Å². The fourth-order valence-corrected chi connectivity index (χ4v) is 4.51. The number of carbonyl (C=O) groups is 1. The van der Waals surface area contributed by atoms with Crippen molar-refractivity contribution in [2.24, 2.45) is 0 Å². The maximum atomic E-state index is 12.8. The molecule has 2 fully saturated rings. The maximum absolute atomic E-state index is 12.8. The molecule has 1 aliphatic carbocycles. The van der Waals surface area contributed by atoms with Crippen LogP contribution in [0.5, 0.6) is 0 Å². The number of halogens is 1. The van der Waals surface area contributed by atoms with Crippen molar-refractivity contribution >= 4 is 23.3 Å². The Morgan fingerprint density at radius 3 is 2.77 bits per heavy atom. The summed E-state index contributed by atoms with van der Waals surface area (Å²) in [5, 5.41) is 5.23. The summed E-state index contributed by atoms with van der Waals surface area (Å²) < 4.78 is 13.0. The molecule has 4 rings (SSSR count). The Morgan fingerprint density at radius 2 is 2.06 bits per heavy atom. The van der Waals surface area contributed by atoms with Gasteiger partial charge >= 0.3 is 6.09 Å². The van der Waals surface area contributed by atoms with Crippen LogP contribution in [0.1, 0.15) is 76.2 Å². The van der Waals surface area contributed by atoms with Gasteiger partial charge in [0.25, 0.3) is 0 Å². The van der Waals surface area contributed by atoms with Crippen molar-refractivity contribution in [3.63, 3.8) is 0 Å². The number of hydrogen-bond acceptors (Lipinski definition) is 5. The molecule has 0 aromatic carbocycles. The number of aromatic nitrogens is 3. The summed E-state index contributed by atoms with van der Waals surface area (Å²) in [4.78, 5) is 19.4. The Balaban J connectivity index is 1.55. The maximum Gasteiger partial charge on any atom is 0.410 e. The Kier molecular flexibility index (Phi) is 6.26. The van der Waals surface area contributed by atoms with Crippen LogP contribution >= 0.6 is 11.6 Å². The monoisotopic (exact) mass is 446 g/mol. The van der Waals surface area contributed by atoms with Crippen molar-refractivity contribution in [2.45, 2.75) is 76.5 Å². The lowest BCUT2D eigenvalue weighted by Gasteiger charge is -2.35. The first-order valence-electron chi connectivity index (χ1n) is 11.0. The molecular weight excluding hydrogens is 416 g/mol. The average molecular weight is 447 g/mol. The van der Waals surface area contributed by atoms with Gasteiger partial charge in [-0.1, -0.05) is 17.7 Å². The number of likely N-dealkylation sites (tertiary alicyclic amines) is 1. The first-order valence-corrected chi connectivity index (χ1v) is 11.4. The molecule has 1 saturated carbocycles. The molecule has 0 unspecified atom stereocenters. The van der Waals surface area contributed by atoms with Crippen LogP contribution < -0.4 is 0 Å². The van der Waals surface area contributed by atoms with Gasteiger partial charge in [0.05, 0.1) is 24.4 Å². The zero-order valence-electron chi connectivity index (χ0n) is 18.5. The standard InChI is InChI=1S/C23H31ClN4O3/c1-5-10-30-16-11-15(12-16)17-13-20(24)28-21(25-17)14-18(26-28)19-8-6-7-9-27(19)22(29)31-23(2,3)4/h5,13-16,19H,1,6-12H2,2-4H3/t15-,16+,19-/m0/s1. The second kappa shape index (κ2) is 8.79. The van der Waals surface area contributed by atoms with Gasteiger partial charge in [-0.3, -0.25) is 4.90 Å². The van der Waals surface area contributed by atoms with E-state index in [4.69, 9.17) is 31.2 Å². The minimum atomic E-state index is -0.534. The molecule has 1 aliphatic heterocycles. The second-order valence-electron chi connectivity index (χ2n) is 9.44. The number of ether oxygens (including phenoxy) is 2. The number of amides is 1. The van der Waals surface area contributed by atoms with Crippen LogP contribution in [0.15, 0.2) is 24.8 Å². The van der Waals surface area contributed by atoms with E-state index >= 15 is 0 Å². The van der Waals surface area contributed by atoms with Crippen LogP contribution in [0, 0.1) is 0 Å². The second-order valence-corrected chi connectivity index (χ2v) is 9.83. The highest BCUT2D eigenvalue weighted by Crippen LogP contribution is 2.39. The quantitative estimate of drug-likeness (QED) is 0.460. The van der Waals surface area contributed by atoms with Crippen molar-refractivity contribution < 1.29 is 14.3 Å². The van der Waals surface area contributed by atoms with Crippen molar-refractivity contribution in [3.8, 4) is 0 Å². The minimum absolute atomic E-state index is 0.134. The smallest absolute Gasteiger partial charge is 0.410 e. The lowest BCUT2D eigenvalue weighted by Crippen LogP contribution is -2.42. The van der Waals surface area contributed by atoms with E-state index in [9.17, 15) is 4.79 Å². The lowest BCUT2D eigenvalue weighted by molar-refractivity contribution is 0.00423. The van der Waals surface area contributed by atoms with E-state index < -0.39 is 5.60 Å². The van der Waals surface area contributed by atoms with Gasteiger partial charge in [-0.25, -0.2) is 14.3 Å². The van der Waals surface area contributed by atoms with Crippen LogP contribution in [-0.2, 0) is 9.47 Å². The Hall–Kier alpha value is -2.12. The van der Waals surface area contributed by atoms with Crippen LogP contribution in [0.3, 0.4) is 0 Å². The van der Waals surface area contributed by atoms with E-state index in [1.54, 1.807) is 15.5 Å². The van der Waals surface area contributed by atoms with Crippen LogP contribution in [0.4, 0.5) is 4.79 Å². The molecule has 1 saturated heterocycles. The minimum Gasteiger partial charge on any atom is -0.444 e. The van der Waals surface area contributed by atoms with Gasteiger partial charge in [-0.2, -0.15) is 5.10 Å². The molecule has 2 aliphatic rings. The summed E-state index contributed by atoms with van der Waals surface area (Å²) in [5.74, 6) is 0.337. The zero-order chi connectivity index (χ0) is 22.2. The highest BCUT2D eigenvalue weighted by atomic mass is 35.5. The van der Waals surface area contributed by atoms with E-state index in [0.29, 0.717) is 29.9 Å². The van der Waals surface area contributed by atoms with E-state index in [2.05, 4.69) is 6.58 Å². The summed E-state index contributed by atoms with van der Waals surface area (Å²) in [6.45, 7) is 10.6. The third-order valence-electron chi connectivity index (χ3n) is 5.86. The van der Waals surface area contributed by atoms with E-state index in [-0.39, 0.29) is 18.2 Å². The van der Waals surface area contributed by atoms with Crippen molar-refractivity contribution in [1.82, 2.24) is 19.5 Å². The highest BCUT2D eigenvalue weighted by molar-refractivity contribution is 6.29. The average Bonchev–Trinajstić information content (AvgIpc) is 3.10. The molecule has 0 radical (unpaired) electrons. The number of nitrogens with zero attached hydrogens (tertiary/aromatic N) is 4. The molecule has 8 heteroatoms. The van der Waals surface area contributed by atoms with Crippen molar-refractivity contribution in [1.29, 1.82) is 0 Å². The molecular formula is C23H31ClN4O3. The van der Waals surface area contributed by atoms with Crippen molar-refractivity contribution in [3.05, 3.63) is 41.3 Å². The molecule has 0 N–H and O–H groups in total. The first-order chi connectivity index (χ1) is 14.7. The first kappa shape index (κ1) is 22.1. The van der Waals surface area contributed by atoms with Gasteiger partial charge in [0.1, 0.15) is 10.8 Å². The fourth-order valence-electron chi connectivity index (χ4n) is 4.27. The van der Waals surface area contributed by atoms with Crippen LogP contribution in [-0.4, -0.2) is 50.4 Å². The molecule has 7 nitrogen and oxygen atoms in total. The number of carbonyl (C=O) groups excluding carboxylic acids is 1. The summed E-state index contributed by atoms with van der Waals surface area (Å²) in [6, 6.07) is 3.71. The Labute approximate surface area is 188 Å². The van der Waals surface area contributed by atoms with Crippen LogP contribution in [0.25, 0.3) is 5.65 Å². The van der Waals surface area contributed by atoms with Gasteiger partial charge in [-0.15, -0.1) is 6.58 Å². The third kappa shape index (κ3) is 4.88. The van der Waals surface area contributed by atoms with E-state index in [0.717, 1.165) is 43.5 Å². The van der Waals surface area contributed by atoms with Gasteiger partial charge < -0.3 is 9.47 Å². The Bertz CT molecular complexity index is 962. The zero-order valence-corrected chi connectivity index (χ0v) is 19.3. The number of fused-ring (bicyclic) bond motifs is 1. The third-order valence-corrected chi connectivity index (χ3v) is 6.13. The SMILES string of the molecule is C=CCO[C@H]1C[C@@H](c2cc(Cl)n3nc([C@@H]4CCCCN4C(=O)OC(C)(C)C)cc3n2)C1. The Morgan fingerprint density at radius 1 is 1.29 bits per heavy atom. The summed E-state index contributed by atoms with van der Waals surface area (Å²) >= 11 is 6.56. The fraction of sp³-hybridized carbons (Fsp3) is 0.609. The molecule has 2 aromatic rings. The van der Waals surface area contributed by atoms with E-state index in [1.165, 1.54) is 0 Å². The molecule has 1 atom stereocenters. The van der Waals surface area contributed by atoms with Gasteiger partial charge in [0.15, 0.2) is 5.65 Å². The van der Waals surface area contributed by atoms with E-state index in [1.807, 2.05) is 32.9 Å². The highest BCUT2D eigenvalue weighted by Gasteiger charge is 2.35. The molecule has 1 amide bonds. The molecule has 168 valence electrons. The molecule has 3 heterocycles. The van der Waals surface area contributed by atoms with Gasteiger partial charge in [-0.05, 0) is 58.9 Å². The topological polar surface area (TPSA) is 69.0 Å². The predicted octanol–water partition coefficient (Wildman–Crippen LogP) is 5.29. The molecule has 0 spiro atoms. The number of hydrogen-bond donors (Lipinski definition) is 0. The summed E-state index contributed by atoms with van der Waals surface area (Å²) in [7, 11) is 0. The van der Waals surface area contributed by atoms with Crippen LogP contribution in [0.2, 0.25) is 5.15 Å². The number of piperidine rings is 1. The van der Waals surface area contributed by atoms with Crippen molar-refractivity contribution in [2.75, 3.05) is 13.2 Å². The molecule has 2 aromatic heterocycles. The number of rotatable bonds is 5. The molecule has 0 bridgehead atoms. The summed E-state index contributed by atoms with van der Waals surface area (Å²) in [6.07, 6.45) is 6.44.